The van der Waals surface area contributed by atoms with E-state index in [2.05, 4.69) is 28.7 Å². The zero-order chi connectivity index (χ0) is 15.9. The first-order valence-electron chi connectivity index (χ1n) is 10.3. The Morgan fingerprint density at radius 2 is 1.26 bits per heavy atom. The minimum atomic E-state index is 0.719. The smallest absolute Gasteiger partial charge is 0.0106 e. The van der Waals surface area contributed by atoms with Gasteiger partial charge in [-0.2, -0.15) is 0 Å². The van der Waals surface area contributed by atoms with E-state index in [1.54, 1.807) is 0 Å². The van der Waals surface area contributed by atoms with Gasteiger partial charge in [-0.05, 0) is 115 Å². The van der Waals surface area contributed by atoms with Gasteiger partial charge in [0.2, 0.25) is 0 Å². The summed E-state index contributed by atoms with van der Waals surface area (Å²) in [5, 5.41) is 0. The number of hydrogen-bond acceptors (Lipinski definition) is 3. The van der Waals surface area contributed by atoms with Gasteiger partial charge in [0.15, 0.2) is 0 Å². The second kappa shape index (κ2) is 6.31. The molecule has 3 aliphatic heterocycles. The second-order valence-corrected chi connectivity index (χ2v) is 9.34. The van der Waals surface area contributed by atoms with Crippen LogP contribution in [0.4, 0.5) is 0 Å². The lowest BCUT2D eigenvalue weighted by atomic mass is 9.59. The molecule has 1 aliphatic carbocycles. The van der Waals surface area contributed by atoms with E-state index in [4.69, 9.17) is 0 Å². The molecule has 0 aromatic carbocycles. The van der Waals surface area contributed by atoms with Gasteiger partial charge in [0.25, 0.3) is 0 Å². The summed E-state index contributed by atoms with van der Waals surface area (Å²) in [6.45, 7) is 11.7. The highest BCUT2D eigenvalue weighted by atomic mass is 15.2. The van der Waals surface area contributed by atoms with Crippen LogP contribution < -0.4 is 0 Å². The molecule has 2 spiro atoms. The summed E-state index contributed by atoms with van der Waals surface area (Å²) < 4.78 is 0. The van der Waals surface area contributed by atoms with Crippen molar-refractivity contribution < 1.29 is 0 Å². The van der Waals surface area contributed by atoms with Crippen LogP contribution in [-0.4, -0.2) is 73.6 Å². The molecule has 3 saturated heterocycles. The van der Waals surface area contributed by atoms with Crippen molar-refractivity contribution in [3.8, 4) is 0 Å². The van der Waals surface area contributed by atoms with E-state index in [-0.39, 0.29) is 0 Å². The molecule has 0 unspecified atom stereocenters. The SMILES string of the molecule is CCN1CCC2(CC1)CC(N1CCC3(CCN(C)CC3)CC1)C2. The van der Waals surface area contributed by atoms with Gasteiger partial charge in [0.1, 0.15) is 0 Å². The van der Waals surface area contributed by atoms with Gasteiger partial charge < -0.3 is 14.7 Å². The van der Waals surface area contributed by atoms with E-state index in [0.717, 1.165) is 16.9 Å². The Labute approximate surface area is 143 Å². The first-order valence-corrected chi connectivity index (χ1v) is 10.3. The lowest BCUT2D eigenvalue weighted by Gasteiger charge is -2.57. The van der Waals surface area contributed by atoms with Gasteiger partial charge >= 0.3 is 0 Å². The van der Waals surface area contributed by atoms with E-state index in [1.165, 1.54) is 97.2 Å². The lowest BCUT2D eigenvalue weighted by molar-refractivity contribution is -0.0656. The molecule has 23 heavy (non-hydrogen) atoms. The van der Waals surface area contributed by atoms with Crippen LogP contribution in [0, 0.1) is 10.8 Å². The zero-order valence-corrected chi connectivity index (χ0v) is 15.5. The van der Waals surface area contributed by atoms with Crippen molar-refractivity contribution in [3.05, 3.63) is 0 Å². The average molecular weight is 320 g/mol. The van der Waals surface area contributed by atoms with E-state index in [9.17, 15) is 0 Å². The molecule has 0 amide bonds. The molecule has 0 aromatic heterocycles. The van der Waals surface area contributed by atoms with Crippen molar-refractivity contribution >= 4 is 0 Å². The van der Waals surface area contributed by atoms with Crippen LogP contribution in [0.2, 0.25) is 0 Å². The van der Waals surface area contributed by atoms with Crippen LogP contribution in [0.15, 0.2) is 0 Å². The van der Waals surface area contributed by atoms with E-state index < -0.39 is 0 Å². The maximum atomic E-state index is 2.88. The highest BCUT2D eigenvalue weighted by Gasteiger charge is 2.49. The summed E-state index contributed by atoms with van der Waals surface area (Å²) in [4.78, 5) is 8.04. The molecule has 0 atom stereocenters. The molecule has 0 bridgehead atoms. The third-order valence-corrected chi connectivity index (χ3v) is 8.12. The molecule has 0 radical (unpaired) electrons. The molecule has 3 nitrogen and oxygen atoms in total. The molecule has 0 aromatic rings. The molecule has 4 rings (SSSR count). The van der Waals surface area contributed by atoms with Crippen LogP contribution in [0.5, 0.6) is 0 Å². The molecule has 3 heterocycles. The Kier molecular flexibility index (Phi) is 4.49. The molecular weight excluding hydrogens is 282 g/mol. The van der Waals surface area contributed by atoms with E-state index >= 15 is 0 Å². The number of nitrogens with zero attached hydrogens (tertiary/aromatic N) is 3. The first kappa shape index (κ1) is 16.4. The summed E-state index contributed by atoms with van der Waals surface area (Å²) in [6.07, 6.45) is 11.9. The highest BCUT2D eigenvalue weighted by Crippen LogP contribution is 2.52. The number of likely N-dealkylation sites (tertiary alicyclic amines) is 3. The van der Waals surface area contributed by atoms with Crippen molar-refractivity contribution in [3.63, 3.8) is 0 Å². The van der Waals surface area contributed by atoms with Crippen LogP contribution in [0.3, 0.4) is 0 Å². The number of hydrogen-bond donors (Lipinski definition) is 0. The van der Waals surface area contributed by atoms with Crippen LogP contribution in [-0.2, 0) is 0 Å². The van der Waals surface area contributed by atoms with Crippen molar-refractivity contribution in [2.24, 2.45) is 10.8 Å². The van der Waals surface area contributed by atoms with E-state index in [1.807, 2.05) is 0 Å². The zero-order valence-electron chi connectivity index (χ0n) is 15.5. The fourth-order valence-corrected chi connectivity index (χ4v) is 5.91. The van der Waals surface area contributed by atoms with Gasteiger partial charge in [-0.1, -0.05) is 6.92 Å². The van der Waals surface area contributed by atoms with E-state index in [0.29, 0.717) is 0 Å². The molecule has 132 valence electrons. The Hall–Kier alpha value is -0.120. The second-order valence-electron chi connectivity index (χ2n) is 9.34. The lowest BCUT2D eigenvalue weighted by Crippen LogP contribution is -2.57. The maximum Gasteiger partial charge on any atom is 0.0106 e. The average Bonchev–Trinajstić information content (AvgIpc) is 2.57. The summed E-state index contributed by atoms with van der Waals surface area (Å²) in [5.41, 5.74) is 1.47. The standard InChI is InChI=1S/C20H37N3/c1-3-22-12-6-20(7-13-22)16-18(17-20)23-14-8-19(9-15-23)4-10-21(2)11-5-19/h18H,3-17H2,1-2H3. The Morgan fingerprint density at radius 3 is 1.83 bits per heavy atom. The normalized spacial score (nSPS) is 33.1. The summed E-state index contributed by atoms with van der Waals surface area (Å²) in [5.74, 6) is 0. The first-order chi connectivity index (χ1) is 11.1. The molecule has 4 aliphatic rings. The van der Waals surface area contributed by atoms with Gasteiger partial charge in [0.05, 0.1) is 0 Å². The monoisotopic (exact) mass is 319 g/mol. The fraction of sp³-hybridized carbons (Fsp3) is 1.00. The minimum absolute atomic E-state index is 0.719. The molecule has 0 N–H and O–H groups in total. The Morgan fingerprint density at radius 1 is 0.739 bits per heavy atom. The number of piperidine rings is 3. The van der Waals surface area contributed by atoms with Gasteiger partial charge in [0, 0.05) is 6.04 Å². The Balaban J connectivity index is 1.24. The van der Waals surface area contributed by atoms with Crippen molar-refractivity contribution in [1.29, 1.82) is 0 Å². The van der Waals surface area contributed by atoms with Gasteiger partial charge in [-0.15, -0.1) is 0 Å². The molecule has 3 heteroatoms. The van der Waals surface area contributed by atoms with Crippen LogP contribution in [0.1, 0.15) is 58.3 Å². The largest absolute Gasteiger partial charge is 0.306 e. The van der Waals surface area contributed by atoms with Crippen molar-refractivity contribution in [1.82, 2.24) is 14.7 Å². The van der Waals surface area contributed by atoms with Crippen molar-refractivity contribution in [2.75, 3.05) is 52.9 Å². The minimum Gasteiger partial charge on any atom is -0.306 e. The number of rotatable bonds is 2. The van der Waals surface area contributed by atoms with Crippen LogP contribution >= 0.6 is 0 Å². The maximum absolute atomic E-state index is 2.88. The third-order valence-electron chi connectivity index (χ3n) is 8.12. The fourth-order valence-electron chi connectivity index (χ4n) is 5.91. The predicted molar refractivity (Wildman–Crippen MR) is 96.8 cm³/mol. The molecular formula is C20H37N3. The summed E-state index contributed by atoms with van der Waals surface area (Å²) >= 11 is 0. The summed E-state index contributed by atoms with van der Waals surface area (Å²) in [7, 11) is 2.29. The predicted octanol–water partition coefficient (Wildman–Crippen LogP) is 3.06. The van der Waals surface area contributed by atoms with Crippen LogP contribution in [0.25, 0.3) is 0 Å². The van der Waals surface area contributed by atoms with Gasteiger partial charge in [-0.25, -0.2) is 0 Å². The third kappa shape index (κ3) is 3.21. The topological polar surface area (TPSA) is 9.72 Å². The summed E-state index contributed by atoms with van der Waals surface area (Å²) in [6, 6.07) is 0.937. The quantitative estimate of drug-likeness (QED) is 0.774. The van der Waals surface area contributed by atoms with Crippen molar-refractivity contribution in [2.45, 2.75) is 64.3 Å². The van der Waals surface area contributed by atoms with Gasteiger partial charge in [-0.3, -0.25) is 0 Å². The Bertz CT molecular complexity index is 387. The molecule has 4 fully saturated rings. The highest BCUT2D eigenvalue weighted by molar-refractivity contribution is 5.02. The molecule has 1 saturated carbocycles.